The summed E-state index contributed by atoms with van der Waals surface area (Å²) in [5.41, 5.74) is 0. The van der Waals surface area contributed by atoms with E-state index in [1.54, 1.807) is 20.0 Å². The third kappa shape index (κ3) is 2.86. The Morgan fingerprint density at radius 2 is 2.17 bits per heavy atom. The van der Waals surface area contributed by atoms with Gasteiger partial charge in [0, 0.05) is 0 Å². The minimum atomic E-state index is -3.73. The number of sulfonamides is 1. The Kier molecular flexibility index (Phi) is 3.64. The molecule has 0 atom stereocenters. The van der Waals surface area contributed by atoms with E-state index < -0.39 is 10.0 Å². The number of rotatable bonds is 5. The molecule has 2 N–H and O–H groups in total. The molecular weight excluding hydrogens is 276 g/mol. The lowest BCUT2D eigenvalue weighted by atomic mass is 10.4. The second-order valence-electron chi connectivity index (χ2n) is 3.48. The van der Waals surface area contributed by atoms with Crippen molar-refractivity contribution in [1.82, 2.24) is 15.5 Å². The van der Waals surface area contributed by atoms with Crippen LogP contribution in [0.4, 0.5) is 5.13 Å². The van der Waals surface area contributed by atoms with Crippen LogP contribution in [-0.4, -0.2) is 25.7 Å². The summed E-state index contributed by atoms with van der Waals surface area (Å²) in [6.45, 7) is 2.21. The fraction of sp³-hybridized carbons (Fsp3) is 0.333. The smallest absolute Gasteiger partial charge is 0.297 e. The van der Waals surface area contributed by atoms with E-state index in [1.165, 1.54) is 6.07 Å². The largest absolute Gasteiger partial charge is 0.446 e. The normalized spacial score (nSPS) is 11.7. The van der Waals surface area contributed by atoms with E-state index in [4.69, 9.17) is 4.42 Å². The van der Waals surface area contributed by atoms with Crippen LogP contribution in [-0.2, 0) is 16.6 Å². The maximum Gasteiger partial charge on any atom is 0.297 e. The predicted octanol–water partition coefficient (Wildman–Crippen LogP) is 0.960. The SMILES string of the molecule is CNCc1ccc(S(=O)(=O)Nc2nnc(C)s2)o1. The number of nitrogens with one attached hydrogen (secondary N) is 2. The van der Waals surface area contributed by atoms with Crippen LogP contribution in [0, 0.1) is 6.92 Å². The van der Waals surface area contributed by atoms with Crippen LogP contribution in [0.2, 0.25) is 0 Å². The number of nitrogens with zero attached hydrogens (tertiary/aromatic N) is 2. The van der Waals surface area contributed by atoms with Crippen LogP contribution in [0.25, 0.3) is 0 Å². The second-order valence-corrected chi connectivity index (χ2v) is 6.28. The number of furan rings is 1. The van der Waals surface area contributed by atoms with Gasteiger partial charge in [0.15, 0.2) is 0 Å². The molecule has 0 aromatic carbocycles. The highest BCUT2D eigenvalue weighted by atomic mass is 32.2. The summed E-state index contributed by atoms with van der Waals surface area (Å²) in [6.07, 6.45) is 0. The molecule has 2 aromatic heterocycles. The van der Waals surface area contributed by atoms with Crippen molar-refractivity contribution in [2.75, 3.05) is 11.8 Å². The summed E-state index contributed by atoms with van der Waals surface area (Å²) in [5, 5.41) is 11.1. The molecule has 18 heavy (non-hydrogen) atoms. The Bertz CT molecular complexity index is 632. The molecule has 2 heterocycles. The van der Waals surface area contributed by atoms with Crippen molar-refractivity contribution in [3.63, 3.8) is 0 Å². The summed E-state index contributed by atoms with van der Waals surface area (Å²) < 4.78 is 31.4. The van der Waals surface area contributed by atoms with Crippen molar-refractivity contribution in [3.8, 4) is 0 Å². The average Bonchev–Trinajstić information content (AvgIpc) is 2.88. The van der Waals surface area contributed by atoms with Crippen molar-refractivity contribution in [1.29, 1.82) is 0 Å². The first-order chi connectivity index (χ1) is 8.51. The van der Waals surface area contributed by atoms with Gasteiger partial charge in [-0.1, -0.05) is 11.3 Å². The third-order valence-corrected chi connectivity index (χ3v) is 4.10. The van der Waals surface area contributed by atoms with Crippen LogP contribution in [0.15, 0.2) is 21.6 Å². The van der Waals surface area contributed by atoms with Gasteiger partial charge >= 0.3 is 0 Å². The van der Waals surface area contributed by atoms with E-state index >= 15 is 0 Å². The zero-order valence-corrected chi connectivity index (χ0v) is 11.4. The number of hydrogen-bond acceptors (Lipinski definition) is 7. The van der Waals surface area contributed by atoms with Crippen molar-refractivity contribution < 1.29 is 12.8 Å². The molecule has 0 radical (unpaired) electrons. The van der Waals surface area contributed by atoms with E-state index in [9.17, 15) is 8.42 Å². The minimum absolute atomic E-state index is 0.138. The molecule has 7 nitrogen and oxygen atoms in total. The fourth-order valence-corrected chi connectivity index (χ4v) is 3.05. The van der Waals surface area contributed by atoms with E-state index in [0.29, 0.717) is 17.3 Å². The molecule has 0 spiro atoms. The maximum atomic E-state index is 11.9. The number of hydrogen-bond donors (Lipinski definition) is 2. The summed E-state index contributed by atoms with van der Waals surface area (Å²) in [7, 11) is -1.99. The molecule has 0 bridgehead atoms. The van der Waals surface area contributed by atoms with E-state index in [0.717, 1.165) is 11.3 Å². The summed E-state index contributed by atoms with van der Waals surface area (Å²) in [4.78, 5) is 0. The van der Waals surface area contributed by atoms with Crippen molar-refractivity contribution in [3.05, 3.63) is 22.9 Å². The Morgan fingerprint density at radius 1 is 1.39 bits per heavy atom. The Labute approximate surface area is 108 Å². The summed E-state index contributed by atoms with van der Waals surface area (Å²) in [5.74, 6) is 0.548. The van der Waals surface area contributed by atoms with Crippen LogP contribution in [0.1, 0.15) is 10.8 Å². The van der Waals surface area contributed by atoms with Gasteiger partial charge in [0.25, 0.3) is 10.0 Å². The van der Waals surface area contributed by atoms with Gasteiger partial charge in [-0.25, -0.2) is 0 Å². The van der Waals surface area contributed by atoms with Gasteiger partial charge in [-0.15, -0.1) is 10.2 Å². The highest BCUT2D eigenvalue weighted by Gasteiger charge is 2.20. The molecule has 98 valence electrons. The molecule has 0 fully saturated rings. The zero-order chi connectivity index (χ0) is 13.2. The predicted molar refractivity (Wildman–Crippen MR) is 66.9 cm³/mol. The first-order valence-electron chi connectivity index (χ1n) is 5.07. The molecule has 0 saturated carbocycles. The topological polar surface area (TPSA) is 97.1 Å². The standard InChI is InChI=1S/C9H12N4O3S2/c1-6-11-12-9(17-6)13-18(14,15)8-4-3-7(16-8)5-10-2/h3-4,10H,5H2,1-2H3,(H,12,13). The molecule has 2 rings (SSSR count). The Balaban J connectivity index is 2.19. The molecule has 0 aliphatic heterocycles. The van der Waals surface area contributed by atoms with E-state index in [1.807, 2.05) is 0 Å². The van der Waals surface area contributed by atoms with Crippen molar-refractivity contribution in [2.45, 2.75) is 18.6 Å². The van der Waals surface area contributed by atoms with Gasteiger partial charge < -0.3 is 9.73 Å². The van der Waals surface area contributed by atoms with Gasteiger partial charge in [-0.2, -0.15) is 8.42 Å². The molecule has 0 amide bonds. The molecule has 9 heteroatoms. The van der Waals surface area contributed by atoms with Gasteiger partial charge in [0.1, 0.15) is 10.8 Å². The monoisotopic (exact) mass is 288 g/mol. The summed E-state index contributed by atoms with van der Waals surface area (Å²) >= 11 is 1.16. The minimum Gasteiger partial charge on any atom is -0.446 e. The number of aryl methyl sites for hydroxylation is 1. The van der Waals surface area contributed by atoms with Crippen LogP contribution >= 0.6 is 11.3 Å². The Hall–Kier alpha value is -1.45. The molecule has 2 aromatic rings. The number of aromatic nitrogens is 2. The van der Waals surface area contributed by atoms with Crippen LogP contribution in [0.3, 0.4) is 0 Å². The van der Waals surface area contributed by atoms with Crippen LogP contribution in [0.5, 0.6) is 0 Å². The third-order valence-electron chi connectivity index (χ3n) is 2.00. The molecule has 0 aliphatic rings. The maximum absolute atomic E-state index is 11.9. The van der Waals surface area contributed by atoms with Gasteiger partial charge in [-0.05, 0) is 26.1 Å². The second kappa shape index (κ2) is 5.04. The number of anilines is 1. The molecule has 0 aliphatic carbocycles. The zero-order valence-electron chi connectivity index (χ0n) is 9.80. The van der Waals surface area contributed by atoms with E-state index in [-0.39, 0.29) is 10.2 Å². The molecule has 0 saturated heterocycles. The van der Waals surface area contributed by atoms with Crippen molar-refractivity contribution >= 4 is 26.5 Å². The highest BCUT2D eigenvalue weighted by molar-refractivity contribution is 7.92. The lowest BCUT2D eigenvalue weighted by Gasteiger charge is -2.00. The average molecular weight is 288 g/mol. The van der Waals surface area contributed by atoms with Gasteiger partial charge in [0.05, 0.1) is 6.54 Å². The van der Waals surface area contributed by atoms with Gasteiger partial charge in [0.2, 0.25) is 10.2 Å². The lowest BCUT2D eigenvalue weighted by molar-refractivity contribution is 0.408. The summed E-state index contributed by atoms with van der Waals surface area (Å²) in [6, 6.07) is 3.01. The first-order valence-corrected chi connectivity index (χ1v) is 7.37. The van der Waals surface area contributed by atoms with Crippen molar-refractivity contribution in [2.24, 2.45) is 0 Å². The molecular formula is C9H12N4O3S2. The lowest BCUT2D eigenvalue weighted by Crippen LogP contribution is -2.12. The van der Waals surface area contributed by atoms with Crippen LogP contribution < -0.4 is 10.0 Å². The Morgan fingerprint density at radius 3 is 2.78 bits per heavy atom. The fourth-order valence-electron chi connectivity index (χ4n) is 1.27. The highest BCUT2D eigenvalue weighted by Crippen LogP contribution is 2.20. The van der Waals surface area contributed by atoms with E-state index in [2.05, 4.69) is 20.2 Å². The molecule has 0 unspecified atom stereocenters. The first kappa shape index (κ1) is 13.0. The quantitative estimate of drug-likeness (QED) is 0.850. The van der Waals surface area contributed by atoms with Gasteiger partial charge in [-0.3, -0.25) is 4.72 Å².